The molecule has 1 fully saturated rings. The molecule has 0 spiro atoms. The van der Waals surface area contributed by atoms with Crippen molar-refractivity contribution in [1.29, 1.82) is 0 Å². The maximum Gasteiger partial charge on any atom is 0.0965 e. The zero-order chi connectivity index (χ0) is 6.10. The van der Waals surface area contributed by atoms with Crippen LogP contribution in [0, 0.1) is 12.3 Å². The summed E-state index contributed by atoms with van der Waals surface area (Å²) in [6, 6.07) is 0. The molecule has 2 heteroatoms. The summed E-state index contributed by atoms with van der Waals surface area (Å²) in [7, 11) is 0. The third-order valence-electron chi connectivity index (χ3n) is 1.45. The molecule has 2 rings (SSSR count). The first-order valence-corrected chi connectivity index (χ1v) is 4.07. The summed E-state index contributed by atoms with van der Waals surface area (Å²) < 4.78 is 0. The molecule has 47 valence electrons. The van der Waals surface area contributed by atoms with Gasteiger partial charge in [-0.1, -0.05) is 0 Å². The SMILES string of the molecule is [CH](c1nccs1)C1CC1. The summed E-state index contributed by atoms with van der Waals surface area (Å²) in [6.07, 6.45) is 6.88. The molecular weight excluding hydrogens is 130 g/mol. The standard InChI is InChI=1S/C7H8NS/c1-2-6(1)5-7-8-3-4-9-7/h3-6H,1-2H2. The van der Waals surface area contributed by atoms with Gasteiger partial charge in [0.1, 0.15) is 0 Å². The van der Waals surface area contributed by atoms with Crippen molar-refractivity contribution in [3.63, 3.8) is 0 Å². The van der Waals surface area contributed by atoms with Crippen molar-refractivity contribution in [2.24, 2.45) is 5.92 Å². The van der Waals surface area contributed by atoms with Crippen LogP contribution in [0.1, 0.15) is 17.8 Å². The van der Waals surface area contributed by atoms with Gasteiger partial charge in [-0.3, -0.25) is 0 Å². The first-order valence-electron chi connectivity index (χ1n) is 3.19. The van der Waals surface area contributed by atoms with Crippen LogP contribution in [-0.2, 0) is 0 Å². The minimum atomic E-state index is 0.858. The second-order valence-electron chi connectivity index (χ2n) is 2.37. The second-order valence-corrected chi connectivity index (χ2v) is 3.30. The highest BCUT2D eigenvalue weighted by Crippen LogP contribution is 2.34. The predicted molar refractivity (Wildman–Crippen MR) is 38.2 cm³/mol. The van der Waals surface area contributed by atoms with Gasteiger partial charge in [0.2, 0.25) is 0 Å². The highest BCUT2D eigenvalue weighted by molar-refractivity contribution is 7.09. The maximum atomic E-state index is 4.16. The van der Waals surface area contributed by atoms with Gasteiger partial charge in [-0.2, -0.15) is 0 Å². The Bertz CT molecular complexity index is 177. The number of hydrogen-bond acceptors (Lipinski definition) is 2. The Morgan fingerprint density at radius 1 is 1.67 bits per heavy atom. The fourth-order valence-corrected chi connectivity index (χ4v) is 1.44. The van der Waals surface area contributed by atoms with E-state index in [1.54, 1.807) is 11.3 Å². The molecule has 1 heterocycles. The number of rotatable bonds is 2. The van der Waals surface area contributed by atoms with Crippen LogP contribution in [0.5, 0.6) is 0 Å². The number of hydrogen-bond donors (Lipinski definition) is 0. The van der Waals surface area contributed by atoms with Crippen LogP contribution < -0.4 is 0 Å². The summed E-state index contributed by atoms with van der Waals surface area (Å²) >= 11 is 1.72. The molecule has 1 aromatic heterocycles. The van der Waals surface area contributed by atoms with E-state index in [2.05, 4.69) is 11.4 Å². The third-order valence-corrected chi connectivity index (χ3v) is 2.19. The molecule has 0 aliphatic heterocycles. The van der Waals surface area contributed by atoms with Crippen LogP contribution in [0.2, 0.25) is 0 Å². The topological polar surface area (TPSA) is 12.9 Å². The summed E-state index contributed by atoms with van der Waals surface area (Å²) in [5.41, 5.74) is 0. The van der Waals surface area contributed by atoms with Gasteiger partial charge in [-0.25, -0.2) is 4.98 Å². The van der Waals surface area contributed by atoms with E-state index in [0.717, 1.165) is 5.92 Å². The van der Waals surface area contributed by atoms with Crippen molar-refractivity contribution in [3.8, 4) is 0 Å². The van der Waals surface area contributed by atoms with E-state index in [4.69, 9.17) is 0 Å². The van der Waals surface area contributed by atoms with Crippen LogP contribution in [0.3, 0.4) is 0 Å². The lowest BCUT2D eigenvalue weighted by Crippen LogP contribution is -1.78. The monoisotopic (exact) mass is 138 g/mol. The summed E-state index contributed by atoms with van der Waals surface area (Å²) in [5.74, 6) is 0.858. The van der Waals surface area contributed by atoms with Gasteiger partial charge in [-0.05, 0) is 18.8 Å². The van der Waals surface area contributed by atoms with E-state index in [1.807, 2.05) is 11.6 Å². The Balaban J connectivity index is 1.99. The number of nitrogens with zero attached hydrogens (tertiary/aromatic N) is 1. The predicted octanol–water partition coefficient (Wildman–Crippen LogP) is 2.11. The molecule has 1 aliphatic carbocycles. The molecule has 0 atom stereocenters. The average molecular weight is 138 g/mol. The zero-order valence-corrected chi connectivity index (χ0v) is 5.90. The van der Waals surface area contributed by atoms with Crippen molar-refractivity contribution in [1.82, 2.24) is 4.98 Å². The molecule has 9 heavy (non-hydrogen) atoms. The number of thiazole rings is 1. The van der Waals surface area contributed by atoms with Gasteiger partial charge in [0, 0.05) is 18.0 Å². The fourth-order valence-electron chi connectivity index (χ4n) is 0.781. The Labute approximate surface area is 58.7 Å². The summed E-state index contributed by atoms with van der Waals surface area (Å²) in [4.78, 5) is 4.16. The van der Waals surface area contributed by atoms with Crippen molar-refractivity contribution in [2.45, 2.75) is 12.8 Å². The molecule has 0 aromatic carbocycles. The molecule has 1 aliphatic rings. The fraction of sp³-hybridized carbons (Fsp3) is 0.429. The Morgan fingerprint density at radius 2 is 2.56 bits per heavy atom. The van der Waals surface area contributed by atoms with Crippen molar-refractivity contribution >= 4 is 11.3 Å². The van der Waals surface area contributed by atoms with E-state index in [1.165, 1.54) is 17.8 Å². The van der Waals surface area contributed by atoms with E-state index in [0.29, 0.717) is 0 Å². The average Bonchev–Trinajstić information content (AvgIpc) is 2.46. The highest BCUT2D eigenvalue weighted by Gasteiger charge is 2.22. The third kappa shape index (κ3) is 1.30. The smallest absolute Gasteiger partial charge is 0.0965 e. The minimum Gasteiger partial charge on any atom is -0.249 e. The van der Waals surface area contributed by atoms with Crippen LogP contribution in [0.15, 0.2) is 11.6 Å². The van der Waals surface area contributed by atoms with Crippen molar-refractivity contribution in [3.05, 3.63) is 23.0 Å². The molecule has 0 unspecified atom stereocenters. The minimum absolute atomic E-state index is 0.858. The summed E-state index contributed by atoms with van der Waals surface area (Å²) in [5, 5.41) is 3.21. The molecule has 0 N–H and O–H groups in total. The largest absolute Gasteiger partial charge is 0.249 e. The van der Waals surface area contributed by atoms with E-state index >= 15 is 0 Å². The Morgan fingerprint density at radius 3 is 3.11 bits per heavy atom. The lowest BCUT2D eigenvalue weighted by Gasteiger charge is -1.86. The number of aromatic nitrogens is 1. The molecular formula is C7H8NS. The first-order chi connectivity index (χ1) is 4.45. The van der Waals surface area contributed by atoms with Gasteiger partial charge >= 0.3 is 0 Å². The van der Waals surface area contributed by atoms with Gasteiger partial charge in [-0.15, -0.1) is 11.3 Å². The molecule has 1 saturated carbocycles. The lowest BCUT2D eigenvalue weighted by molar-refractivity contribution is 1.01. The molecule has 1 radical (unpaired) electrons. The van der Waals surface area contributed by atoms with Gasteiger partial charge in [0.25, 0.3) is 0 Å². The van der Waals surface area contributed by atoms with Crippen molar-refractivity contribution in [2.75, 3.05) is 0 Å². The van der Waals surface area contributed by atoms with Crippen LogP contribution >= 0.6 is 11.3 Å². The maximum absolute atomic E-state index is 4.16. The highest BCUT2D eigenvalue weighted by atomic mass is 32.1. The Kier molecular flexibility index (Phi) is 1.27. The van der Waals surface area contributed by atoms with Crippen LogP contribution in [0.25, 0.3) is 0 Å². The van der Waals surface area contributed by atoms with E-state index in [-0.39, 0.29) is 0 Å². The molecule has 0 amide bonds. The van der Waals surface area contributed by atoms with Crippen LogP contribution in [0.4, 0.5) is 0 Å². The van der Waals surface area contributed by atoms with Gasteiger partial charge < -0.3 is 0 Å². The quantitative estimate of drug-likeness (QED) is 0.610. The molecule has 0 saturated heterocycles. The second kappa shape index (κ2) is 2.10. The van der Waals surface area contributed by atoms with Crippen molar-refractivity contribution < 1.29 is 0 Å². The molecule has 1 nitrogen and oxygen atoms in total. The van der Waals surface area contributed by atoms with E-state index < -0.39 is 0 Å². The van der Waals surface area contributed by atoms with Gasteiger partial charge in [0.05, 0.1) is 5.01 Å². The zero-order valence-electron chi connectivity index (χ0n) is 5.08. The lowest BCUT2D eigenvalue weighted by atomic mass is 10.3. The summed E-state index contributed by atoms with van der Waals surface area (Å²) in [6.45, 7) is 0. The Hall–Kier alpha value is -0.370. The van der Waals surface area contributed by atoms with Gasteiger partial charge in [0.15, 0.2) is 0 Å². The first kappa shape index (κ1) is 5.42. The normalized spacial score (nSPS) is 18.2. The van der Waals surface area contributed by atoms with Crippen LogP contribution in [-0.4, -0.2) is 4.98 Å². The molecule has 1 aromatic rings. The molecule has 0 bridgehead atoms. The van der Waals surface area contributed by atoms with E-state index in [9.17, 15) is 0 Å².